The second-order valence-corrected chi connectivity index (χ2v) is 9.27. The molecule has 200 valence electrons. The summed E-state index contributed by atoms with van der Waals surface area (Å²) in [5.41, 5.74) is -1.46. The number of rotatable bonds is 10. The van der Waals surface area contributed by atoms with E-state index in [-0.39, 0.29) is 35.7 Å². The van der Waals surface area contributed by atoms with E-state index in [4.69, 9.17) is 14.2 Å². The number of unbranched alkanes of at least 4 members (excludes halogenated alkanes) is 1. The van der Waals surface area contributed by atoms with Crippen molar-refractivity contribution < 1.29 is 32.6 Å². The molecule has 2 aliphatic heterocycles. The number of ether oxygens (including phenoxy) is 3. The molecule has 1 N–H and O–H groups in total. The van der Waals surface area contributed by atoms with Crippen molar-refractivity contribution in [3.63, 3.8) is 0 Å². The highest BCUT2D eigenvalue weighted by Gasteiger charge is 2.49. The van der Waals surface area contributed by atoms with Gasteiger partial charge in [-0.3, -0.25) is 14.4 Å². The highest BCUT2D eigenvalue weighted by atomic mass is 19.1. The lowest BCUT2D eigenvalue weighted by Crippen LogP contribution is -2.60. The first-order valence-corrected chi connectivity index (χ1v) is 12.3. The smallest absolute Gasteiger partial charge is 0.275 e. The van der Waals surface area contributed by atoms with E-state index in [2.05, 4.69) is 5.32 Å². The van der Waals surface area contributed by atoms with Crippen molar-refractivity contribution in [1.29, 1.82) is 0 Å². The number of hydrogen-bond donors (Lipinski definition) is 1. The number of benzene rings is 1. The van der Waals surface area contributed by atoms with Crippen LogP contribution in [-0.4, -0.2) is 66.9 Å². The zero-order chi connectivity index (χ0) is 26.6. The zero-order valence-corrected chi connectivity index (χ0v) is 21.0. The van der Waals surface area contributed by atoms with Gasteiger partial charge in [-0.2, -0.15) is 0 Å². The summed E-state index contributed by atoms with van der Waals surface area (Å²) in [5, 5.41) is 2.52. The first kappa shape index (κ1) is 26.7. The van der Waals surface area contributed by atoms with Crippen LogP contribution in [0.3, 0.4) is 0 Å². The van der Waals surface area contributed by atoms with Gasteiger partial charge in [-0.1, -0.05) is 19.4 Å². The Bertz CT molecular complexity index is 1230. The minimum Gasteiger partial charge on any atom is -0.487 e. The number of carbonyl (C=O) groups excluding carboxylic acids is 2. The second-order valence-electron chi connectivity index (χ2n) is 9.27. The Kier molecular flexibility index (Phi) is 8.23. The predicted octanol–water partition coefficient (Wildman–Crippen LogP) is 2.50. The largest absolute Gasteiger partial charge is 0.487 e. The fraction of sp³-hybridized carbons (Fsp3) is 0.500. The van der Waals surface area contributed by atoms with Gasteiger partial charge in [0.15, 0.2) is 11.4 Å². The Morgan fingerprint density at radius 3 is 2.73 bits per heavy atom. The minimum absolute atomic E-state index is 0.0678. The fourth-order valence-electron chi connectivity index (χ4n) is 4.73. The first-order valence-electron chi connectivity index (χ1n) is 12.3. The van der Waals surface area contributed by atoms with Crippen LogP contribution in [-0.2, 0) is 22.6 Å². The number of carbonyl (C=O) groups is 2. The van der Waals surface area contributed by atoms with Gasteiger partial charge in [0.2, 0.25) is 5.43 Å². The van der Waals surface area contributed by atoms with Gasteiger partial charge in [-0.25, -0.2) is 8.78 Å². The van der Waals surface area contributed by atoms with Gasteiger partial charge in [0, 0.05) is 51.2 Å². The molecule has 1 aromatic carbocycles. The van der Waals surface area contributed by atoms with E-state index in [0.717, 1.165) is 18.6 Å². The summed E-state index contributed by atoms with van der Waals surface area (Å²) in [7, 11) is 1.55. The maximum Gasteiger partial charge on any atom is 0.275 e. The molecule has 9 nitrogen and oxygen atoms in total. The Balaban J connectivity index is 1.72. The van der Waals surface area contributed by atoms with Gasteiger partial charge in [0.1, 0.15) is 17.2 Å². The van der Waals surface area contributed by atoms with E-state index in [1.165, 1.54) is 12.3 Å². The van der Waals surface area contributed by atoms with Crippen LogP contribution >= 0.6 is 0 Å². The van der Waals surface area contributed by atoms with Gasteiger partial charge >= 0.3 is 0 Å². The lowest BCUT2D eigenvalue weighted by molar-refractivity contribution is 0.0138. The topological polar surface area (TPSA) is 99.1 Å². The second kappa shape index (κ2) is 11.4. The number of aromatic nitrogens is 1. The van der Waals surface area contributed by atoms with Crippen LogP contribution in [0.25, 0.3) is 0 Å². The number of hydrogen-bond acceptors (Lipinski definition) is 6. The van der Waals surface area contributed by atoms with Crippen LogP contribution in [0.4, 0.5) is 8.78 Å². The average molecular weight is 520 g/mol. The van der Waals surface area contributed by atoms with Crippen LogP contribution in [0.2, 0.25) is 0 Å². The summed E-state index contributed by atoms with van der Waals surface area (Å²) >= 11 is 0. The molecule has 1 spiro atoms. The molecular formula is C26H31F2N3O6. The predicted molar refractivity (Wildman–Crippen MR) is 130 cm³/mol. The number of fused-ring (bicyclic) bond motifs is 1. The molecule has 2 aliphatic rings. The third-order valence-corrected chi connectivity index (χ3v) is 6.77. The molecule has 4 rings (SSSR count). The summed E-state index contributed by atoms with van der Waals surface area (Å²) in [5.74, 6) is -2.87. The van der Waals surface area contributed by atoms with Crippen molar-refractivity contribution >= 4 is 11.8 Å². The quantitative estimate of drug-likeness (QED) is 0.485. The third kappa shape index (κ3) is 5.37. The van der Waals surface area contributed by atoms with Crippen molar-refractivity contribution in [3.05, 3.63) is 63.1 Å². The van der Waals surface area contributed by atoms with Crippen molar-refractivity contribution in [2.24, 2.45) is 0 Å². The molecule has 11 heteroatoms. The lowest BCUT2D eigenvalue weighted by atomic mass is 9.91. The van der Waals surface area contributed by atoms with Gasteiger partial charge in [-0.15, -0.1) is 0 Å². The van der Waals surface area contributed by atoms with E-state index in [1.54, 1.807) is 16.6 Å². The summed E-state index contributed by atoms with van der Waals surface area (Å²) in [6.45, 7) is 3.62. The van der Waals surface area contributed by atoms with Crippen LogP contribution < -0.4 is 15.5 Å². The highest BCUT2D eigenvalue weighted by Crippen LogP contribution is 2.36. The van der Waals surface area contributed by atoms with E-state index in [0.29, 0.717) is 45.8 Å². The Morgan fingerprint density at radius 1 is 1.24 bits per heavy atom. The average Bonchev–Trinajstić information content (AvgIpc) is 3.33. The molecule has 0 radical (unpaired) electrons. The van der Waals surface area contributed by atoms with Crippen molar-refractivity contribution in [3.8, 4) is 5.75 Å². The van der Waals surface area contributed by atoms with Crippen LogP contribution in [0.1, 0.15) is 52.6 Å². The van der Waals surface area contributed by atoms with Gasteiger partial charge in [-0.05, 0) is 18.9 Å². The molecule has 37 heavy (non-hydrogen) atoms. The Hall–Kier alpha value is -3.31. The molecule has 1 atom stereocenters. The molecule has 2 aromatic rings. The maximum atomic E-state index is 14.0. The standard InChI is InChI=1S/C26H31F2N3O6/c1-3-4-9-37-23-21-25(34)31(8-11-35-2)26(7-10-36-16-26)15-30(21)14-19(22(23)32)24(33)29-13-17-5-6-18(27)12-20(17)28/h5-6,12,14H,3-4,7-11,13,15-16H2,1-2H3,(H,29,33). The fourth-order valence-corrected chi connectivity index (χ4v) is 4.73. The van der Waals surface area contributed by atoms with Gasteiger partial charge < -0.3 is 29.0 Å². The number of halogens is 2. The SMILES string of the molecule is CCCCOc1c2n(cc(C(=O)NCc3ccc(F)cc3F)c1=O)CC1(CCOC1)N(CCOC)C2=O. The molecule has 0 saturated carbocycles. The summed E-state index contributed by atoms with van der Waals surface area (Å²) in [4.78, 5) is 41.9. The minimum atomic E-state index is -0.809. The van der Waals surface area contributed by atoms with Crippen LogP contribution in [0.5, 0.6) is 5.75 Å². The van der Waals surface area contributed by atoms with Crippen molar-refractivity contribution in [2.75, 3.05) is 40.1 Å². The summed E-state index contributed by atoms with van der Waals surface area (Å²) in [6.07, 6.45) is 3.40. The van der Waals surface area contributed by atoms with E-state index in [9.17, 15) is 23.2 Å². The normalized spacial score (nSPS) is 18.8. The van der Waals surface area contributed by atoms with E-state index >= 15 is 0 Å². The van der Waals surface area contributed by atoms with Gasteiger partial charge in [0.25, 0.3) is 11.8 Å². The van der Waals surface area contributed by atoms with Crippen molar-refractivity contribution in [2.45, 2.75) is 44.8 Å². The Morgan fingerprint density at radius 2 is 2.05 bits per heavy atom. The molecule has 0 aliphatic carbocycles. The molecule has 2 amide bonds. The molecule has 1 fully saturated rings. The van der Waals surface area contributed by atoms with Crippen LogP contribution in [0, 0.1) is 11.6 Å². The number of amides is 2. The maximum absolute atomic E-state index is 14.0. The summed E-state index contributed by atoms with van der Waals surface area (Å²) < 4.78 is 45.5. The van der Waals surface area contributed by atoms with E-state index < -0.39 is 34.4 Å². The Labute approximate surface area is 213 Å². The highest BCUT2D eigenvalue weighted by molar-refractivity contribution is 5.99. The molecule has 1 saturated heterocycles. The monoisotopic (exact) mass is 519 g/mol. The molecule has 3 heterocycles. The number of methoxy groups -OCH3 is 1. The van der Waals surface area contributed by atoms with Crippen LogP contribution in [0.15, 0.2) is 29.2 Å². The van der Waals surface area contributed by atoms with E-state index in [1.807, 2.05) is 6.92 Å². The molecule has 0 bridgehead atoms. The number of nitrogens with one attached hydrogen (secondary N) is 1. The summed E-state index contributed by atoms with van der Waals surface area (Å²) in [6, 6.07) is 3.03. The van der Waals surface area contributed by atoms with Gasteiger partial charge in [0.05, 0.1) is 25.4 Å². The molecule has 1 unspecified atom stereocenters. The number of nitrogens with zero attached hydrogens (tertiary/aromatic N) is 2. The first-order chi connectivity index (χ1) is 17.8. The number of pyridine rings is 1. The molecule has 1 aromatic heterocycles. The van der Waals surface area contributed by atoms with Crippen molar-refractivity contribution in [1.82, 2.24) is 14.8 Å². The lowest BCUT2D eigenvalue weighted by Gasteiger charge is -2.45. The molecular weight excluding hydrogens is 488 g/mol. The zero-order valence-electron chi connectivity index (χ0n) is 21.0. The third-order valence-electron chi connectivity index (χ3n) is 6.77.